The van der Waals surface area contributed by atoms with Crippen LogP contribution in [0.1, 0.15) is 26.7 Å². The Morgan fingerprint density at radius 3 is 2.67 bits per heavy atom. The third kappa shape index (κ3) is 7.11. The molecule has 0 fully saturated rings. The second-order valence-electron chi connectivity index (χ2n) is 3.09. The molecule has 0 saturated heterocycles. The van der Waals surface area contributed by atoms with Crippen LogP contribution in [0.25, 0.3) is 0 Å². The molecule has 0 rings (SSSR count). The van der Waals surface area contributed by atoms with Gasteiger partial charge in [0.15, 0.2) is 0 Å². The van der Waals surface area contributed by atoms with Crippen LogP contribution in [0.5, 0.6) is 0 Å². The Labute approximate surface area is 92.4 Å². The van der Waals surface area contributed by atoms with E-state index in [9.17, 15) is 0 Å². The zero-order chi connectivity index (χ0) is 9.40. The maximum atomic E-state index is 3.47. The number of allylic oxidation sites excluding steroid dienone is 3. The van der Waals surface area contributed by atoms with Crippen LogP contribution in [-0.2, 0) is 0 Å². The summed E-state index contributed by atoms with van der Waals surface area (Å²) in [5.41, 5.74) is 1.27. The quantitative estimate of drug-likeness (QED) is 0.511. The fourth-order valence-electron chi connectivity index (χ4n) is 0.763. The van der Waals surface area contributed by atoms with Gasteiger partial charge in [-0.15, -0.1) is 0 Å². The van der Waals surface area contributed by atoms with Gasteiger partial charge >= 0.3 is 0 Å². The van der Waals surface area contributed by atoms with E-state index in [1.165, 1.54) is 18.4 Å². The van der Waals surface area contributed by atoms with E-state index in [0.717, 1.165) is 11.2 Å². The van der Waals surface area contributed by atoms with Crippen molar-refractivity contribution in [3.63, 3.8) is 0 Å². The van der Waals surface area contributed by atoms with Crippen LogP contribution in [0.3, 0.4) is 0 Å². The predicted octanol–water partition coefficient (Wildman–Crippen LogP) is 4.65. The Bertz CT molecular complexity index is 159. The van der Waals surface area contributed by atoms with Crippen molar-refractivity contribution in [1.82, 2.24) is 0 Å². The number of halogens is 2. The summed E-state index contributed by atoms with van der Waals surface area (Å²) in [5.74, 6) is 0.780. The van der Waals surface area contributed by atoms with Crippen LogP contribution in [0.2, 0.25) is 0 Å². The molecule has 2 heteroatoms. The minimum atomic E-state index is 0.780. The number of hydrogen-bond donors (Lipinski definition) is 0. The maximum Gasteiger partial charge on any atom is 0.00571 e. The van der Waals surface area contributed by atoms with E-state index in [0.29, 0.717) is 0 Å². The van der Waals surface area contributed by atoms with Gasteiger partial charge in [0.05, 0.1) is 0 Å². The molecule has 0 N–H and O–H groups in total. The summed E-state index contributed by atoms with van der Waals surface area (Å²) < 4.78 is 0. The Kier molecular flexibility index (Phi) is 8.35. The molecule has 0 saturated carbocycles. The van der Waals surface area contributed by atoms with Crippen LogP contribution < -0.4 is 0 Å². The van der Waals surface area contributed by atoms with Crippen molar-refractivity contribution in [3.8, 4) is 0 Å². The average Bonchev–Trinajstić information content (AvgIpc) is 2.11. The summed E-state index contributed by atoms with van der Waals surface area (Å²) in [6.45, 7) is 4.34. The molecule has 0 amide bonds. The summed E-state index contributed by atoms with van der Waals surface area (Å²) >= 11 is 6.76. The molecule has 0 radical (unpaired) electrons. The van der Waals surface area contributed by atoms with Gasteiger partial charge in [-0.2, -0.15) is 0 Å². The van der Waals surface area contributed by atoms with Gasteiger partial charge in [-0.25, -0.2) is 0 Å². The summed E-state index contributed by atoms with van der Waals surface area (Å²) in [7, 11) is 0. The SMILES string of the molecule is CC(C=CCCC(C)CBr)=CBr. The summed E-state index contributed by atoms with van der Waals surface area (Å²) in [5, 5.41) is 1.11. The van der Waals surface area contributed by atoms with E-state index < -0.39 is 0 Å². The molecule has 0 aliphatic carbocycles. The normalized spacial score (nSPS) is 15.5. The van der Waals surface area contributed by atoms with Crippen LogP contribution in [-0.4, -0.2) is 5.33 Å². The Hall–Kier alpha value is 0.440. The monoisotopic (exact) mass is 294 g/mol. The number of rotatable bonds is 5. The highest BCUT2D eigenvalue weighted by Gasteiger charge is 1.95. The van der Waals surface area contributed by atoms with Crippen molar-refractivity contribution in [2.75, 3.05) is 5.33 Å². The number of hydrogen-bond acceptors (Lipinski definition) is 0. The van der Waals surface area contributed by atoms with Gasteiger partial charge in [-0.1, -0.05) is 50.9 Å². The average molecular weight is 296 g/mol. The molecule has 0 aliphatic rings. The van der Waals surface area contributed by atoms with Gasteiger partial charge in [0, 0.05) is 5.33 Å². The molecular formula is C10H16Br2. The summed E-state index contributed by atoms with van der Waals surface area (Å²) in [6, 6.07) is 0. The van der Waals surface area contributed by atoms with Crippen molar-refractivity contribution in [3.05, 3.63) is 22.7 Å². The van der Waals surface area contributed by atoms with Crippen molar-refractivity contribution in [2.24, 2.45) is 5.92 Å². The zero-order valence-electron chi connectivity index (χ0n) is 7.69. The second-order valence-corrected chi connectivity index (χ2v) is 4.20. The highest BCUT2D eigenvalue weighted by Crippen LogP contribution is 2.09. The Balaban J connectivity index is 3.49. The van der Waals surface area contributed by atoms with Crippen molar-refractivity contribution >= 4 is 31.9 Å². The summed E-state index contributed by atoms with van der Waals surface area (Å²) in [6.07, 6.45) is 6.81. The lowest BCUT2D eigenvalue weighted by atomic mass is 10.1. The van der Waals surface area contributed by atoms with Gasteiger partial charge in [0.25, 0.3) is 0 Å². The van der Waals surface area contributed by atoms with Gasteiger partial charge < -0.3 is 0 Å². The van der Waals surface area contributed by atoms with Crippen molar-refractivity contribution < 1.29 is 0 Å². The molecule has 12 heavy (non-hydrogen) atoms. The molecule has 1 atom stereocenters. The molecule has 0 aliphatic heterocycles. The van der Waals surface area contributed by atoms with E-state index in [2.05, 4.69) is 57.9 Å². The lowest BCUT2D eigenvalue weighted by molar-refractivity contribution is 0.608. The lowest BCUT2D eigenvalue weighted by Crippen LogP contribution is -1.93. The predicted molar refractivity (Wildman–Crippen MR) is 64.0 cm³/mol. The van der Waals surface area contributed by atoms with Crippen LogP contribution >= 0.6 is 31.9 Å². The van der Waals surface area contributed by atoms with Gasteiger partial charge in [-0.05, 0) is 36.2 Å². The molecular weight excluding hydrogens is 280 g/mol. The zero-order valence-corrected chi connectivity index (χ0v) is 10.9. The molecule has 0 nitrogen and oxygen atoms in total. The Morgan fingerprint density at radius 2 is 2.17 bits per heavy atom. The van der Waals surface area contributed by atoms with E-state index >= 15 is 0 Å². The fourth-order valence-corrected chi connectivity index (χ4v) is 1.24. The van der Waals surface area contributed by atoms with Gasteiger partial charge in [-0.3, -0.25) is 0 Å². The van der Waals surface area contributed by atoms with Gasteiger partial charge in [0.1, 0.15) is 0 Å². The molecule has 0 aromatic heterocycles. The van der Waals surface area contributed by atoms with Crippen LogP contribution in [0.4, 0.5) is 0 Å². The number of alkyl halides is 1. The molecule has 0 bridgehead atoms. The fraction of sp³-hybridized carbons (Fsp3) is 0.600. The Morgan fingerprint density at radius 1 is 1.50 bits per heavy atom. The first kappa shape index (κ1) is 12.4. The first-order chi connectivity index (χ1) is 5.70. The summed E-state index contributed by atoms with van der Waals surface area (Å²) in [4.78, 5) is 1.94. The molecule has 0 aromatic rings. The van der Waals surface area contributed by atoms with Crippen LogP contribution in [0, 0.1) is 5.92 Å². The van der Waals surface area contributed by atoms with E-state index in [1.54, 1.807) is 0 Å². The van der Waals surface area contributed by atoms with E-state index in [4.69, 9.17) is 0 Å². The minimum Gasteiger partial charge on any atom is -0.0925 e. The molecule has 0 heterocycles. The largest absolute Gasteiger partial charge is 0.0925 e. The second kappa shape index (κ2) is 8.06. The van der Waals surface area contributed by atoms with E-state index in [1.807, 2.05) is 4.99 Å². The third-order valence-corrected chi connectivity index (χ3v) is 3.47. The van der Waals surface area contributed by atoms with Crippen LogP contribution in [0.15, 0.2) is 22.7 Å². The molecule has 70 valence electrons. The molecule has 1 unspecified atom stereocenters. The highest BCUT2D eigenvalue weighted by atomic mass is 79.9. The van der Waals surface area contributed by atoms with Crippen molar-refractivity contribution in [2.45, 2.75) is 26.7 Å². The lowest BCUT2D eigenvalue weighted by Gasteiger charge is -2.02. The molecule has 0 spiro atoms. The first-order valence-corrected chi connectivity index (χ1v) is 6.24. The third-order valence-electron chi connectivity index (χ3n) is 1.64. The smallest absolute Gasteiger partial charge is 0.00571 e. The molecule has 0 aromatic carbocycles. The topological polar surface area (TPSA) is 0 Å². The van der Waals surface area contributed by atoms with Gasteiger partial charge in [0.2, 0.25) is 0 Å². The first-order valence-electron chi connectivity index (χ1n) is 4.20. The maximum absolute atomic E-state index is 3.47. The minimum absolute atomic E-state index is 0.780. The van der Waals surface area contributed by atoms with Crippen molar-refractivity contribution in [1.29, 1.82) is 0 Å². The van der Waals surface area contributed by atoms with E-state index in [-0.39, 0.29) is 0 Å². The standard InChI is InChI=1S/C10H16Br2/c1-9(7-11)5-3-4-6-10(2)8-12/h3,5,7,10H,4,6,8H2,1-2H3. The highest BCUT2D eigenvalue weighted by molar-refractivity contribution is 9.11.